The second-order valence-corrected chi connectivity index (χ2v) is 5.33. The third-order valence-corrected chi connectivity index (χ3v) is 3.63. The number of rotatable bonds is 2. The summed E-state index contributed by atoms with van der Waals surface area (Å²) < 4.78 is 62.3. The fourth-order valence-electron chi connectivity index (χ4n) is 1.09. The highest BCUT2D eigenvalue weighted by Gasteiger charge is 2.48. The first kappa shape index (κ1) is 12.1. The Morgan fingerprint density at radius 2 is 2.00 bits per heavy atom. The topological polar surface area (TPSA) is 56.3 Å². The van der Waals surface area contributed by atoms with Crippen LogP contribution < -0.4 is 4.18 Å². The van der Waals surface area contributed by atoms with Gasteiger partial charge in [-0.05, 0) is 12.1 Å². The molecule has 1 aromatic heterocycles. The van der Waals surface area contributed by atoms with Crippen LogP contribution in [-0.4, -0.2) is 18.9 Å². The number of thiazole rings is 1. The molecular weight excluding hydrogens is 279 g/mol. The second kappa shape index (κ2) is 3.84. The number of halogens is 3. The number of alkyl halides is 3. The van der Waals surface area contributed by atoms with Crippen LogP contribution in [0.3, 0.4) is 0 Å². The average molecular weight is 283 g/mol. The summed E-state index contributed by atoms with van der Waals surface area (Å²) in [5.41, 5.74) is -3.68. The fraction of sp³-hybridized carbons (Fsp3) is 0.125. The molecule has 1 heterocycles. The number of fused-ring (bicyclic) bond motifs is 1. The van der Waals surface area contributed by atoms with Crippen LogP contribution in [0.4, 0.5) is 13.2 Å². The summed E-state index contributed by atoms with van der Waals surface area (Å²) in [6.45, 7) is 0. The van der Waals surface area contributed by atoms with Crippen LogP contribution in [0.1, 0.15) is 0 Å². The molecule has 0 N–H and O–H groups in total. The van der Waals surface area contributed by atoms with Gasteiger partial charge in [-0.3, -0.25) is 0 Å². The molecule has 0 radical (unpaired) electrons. The van der Waals surface area contributed by atoms with Gasteiger partial charge in [0.15, 0.2) is 5.75 Å². The van der Waals surface area contributed by atoms with Gasteiger partial charge < -0.3 is 4.18 Å². The van der Waals surface area contributed by atoms with Gasteiger partial charge in [0.2, 0.25) is 0 Å². The van der Waals surface area contributed by atoms with Gasteiger partial charge >= 0.3 is 15.6 Å². The smallest absolute Gasteiger partial charge is 0.374 e. The van der Waals surface area contributed by atoms with Crippen molar-refractivity contribution in [1.29, 1.82) is 0 Å². The molecule has 0 bridgehead atoms. The molecule has 0 aliphatic rings. The molecular formula is C8H4F3NO3S2. The molecule has 0 atom stereocenters. The molecule has 2 aromatic rings. The molecule has 9 heteroatoms. The molecule has 0 fully saturated rings. The van der Waals surface area contributed by atoms with Crippen molar-refractivity contribution in [1.82, 2.24) is 4.98 Å². The lowest BCUT2D eigenvalue weighted by Crippen LogP contribution is -2.28. The molecule has 2 rings (SSSR count). The van der Waals surface area contributed by atoms with Crippen molar-refractivity contribution in [2.24, 2.45) is 0 Å². The first-order chi connectivity index (χ1) is 7.81. The third kappa shape index (κ3) is 2.20. The Kier molecular flexibility index (Phi) is 2.74. The van der Waals surface area contributed by atoms with Gasteiger partial charge in [0.25, 0.3) is 0 Å². The molecule has 0 saturated carbocycles. The molecule has 4 nitrogen and oxygen atoms in total. The van der Waals surface area contributed by atoms with Crippen LogP contribution in [0.15, 0.2) is 23.7 Å². The minimum absolute atomic E-state index is 0.250. The van der Waals surface area contributed by atoms with Gasteiger partial charge in [0.05, 0.1) is 15.7 Å². The van der Waals surface area contributed by atoms with Crippen molar-refractivity contribution < 1.29 is 25.8 Å². The molecule has 92 valence electrons. The predicted octanol–water partition coefficient (Wildman–Crippen LogP) is 2.52. The van der Waals surface area contributed by atoms with Crippen LogP contribution in [-0.2, 0) is 10.1 Å². The highest BCUT2D eigenvalue weighted by molar-refractivity contribution is 7.88. The van der Waals surface area contributed by atoms with E-state index in [-0.39, 0.29) is 10.4 Å². The van der Waals surface area contributed by atoms with Crippen molar-refractivity contribution >= 4 is 31.7 Å². The highest BCUT2D eigenvalue weighted by Crippen LogP contribution is 2.33. The Labute approximate surface area is 97.8 Å². The Morgan fingerprint density at radius 1 is 1.29 bits per heavy atom. The summed E-state index contributed by atoms with van der Waals surface area (Å²) >= 11 is 0.997. The molecule has 0 amide bonds. The summed E-state index contributed by atoms with van der Waals surface area (Å²) in [7, 11) is -5.64. The van der Waals surface area contributed by atoms with Crippen molar-refractivity contribution in [3.05, 3.63) is 23.7 Å². The van der Waals surface area contributed by atoms with E-state index >= 15 is 0 Å². The van der Waals surface area contributed by atoms with Crippen LogP contribution in [0.2, 0.25) is 0 Å². The number of aromatic nitrogens is 1. The van der Waals surface area contributed by atoms with E-state index in [1.165, 1.54) is 11.6 Å². The van der Waals surface area contributed by atoms with E-state index in [0.29, 0.717) is 5.52 Å². The van der Waals surface area contributed by atoms with E-state index < -0.39 is 15.6 Å². The van der Waals surface area contributed by atoms with Gasteiger partial charge in [-0.25, -0.2) is 4.98 Å². The monoisotopic (exact) mass is 283 g/mol. The Morgan fingerprint density at radius 3 is 2.65 bits per heavy atom. The normalized spacial score (nSPS) is 12.9. The summed E-state index contributed by atoms with van der Waals surface area (Å²) in [5, 5.41) is 0. The third-order valence-electron chi connectivity index (χ3n) is 1.80. The van der Waals surface area contributed by atoms with Crippen molar-refractivity contribution in [2.75, 3.05) is 0 Å². The van der Waals surface area contributed by atoms with Gasteiger partial charge in [-0.2, -0.15) is 21.6 Å². The predicted molar refractivity (Wildman–Crippen MR) is 55.2 cm³/mol. The SMILES string of the molecule is O=S(=O)(Oc1cccc2ncsc12)C(F)(F)F. The number of hydrogen-bond donors (Lipinski definition) is 0. The van der Waals surface area contributed by atoms with Gasteiger partial charge in [-0.15, -0.1) is 11.3 Å². The lowest BCUT2D eigenvalue weighted by Gasteiger charge is -2.09. The quantitative estimate of drug-likeness (QED) is 0.627. The number of benzene rings is 1. The van der Waals surface area contributed by atoms with E-state index in [9.17, 15) is 21.6 Å². The zero-order valence-corrected chi connectivity index (χ0v) is 9.56. The zero-order valence-electron chi connectivity index (χ0n) is 7.93. The van der Waals surface area contributed by atoms with Gasteiger partial charge in [-0.1, -0.05) is 6.07 Å². The van der Waals surface area contributed by atoms with Crippen LogP contribution in [0.25, 0.3) is 10.2 Å². The lowest BCUT2D eigenvalue weighted by molar-refractivity contribution is -0.0499. The first-order valence-corrected chi connectivity index (χ1v) is 6.43. The summed E-state index contributed by atoms with van der Waals surface area (Å²) in [6.07, 6.45) is 0. The Hall–Kier alpha value is -1.35. The Balaban J connectivity index is 2.47. The number of nitrogens with zero attached hydrogens (tertiary/aromatic N) is 1. The minimum atomic E-state index is -5.64. The van der Waals surface area contributed by atoms with E-state index in [2.05, 4.69) is 9.17 Å². The maximum Gasteiger partial charge on any atom is 0.534 e. The van der Waals surface area contributed by atoms with Crippen LogP contribution in [0.5, 0.6) is 5.75 Å². The van der Waals surface area contributed by atoms with E-state index in [4.69, 9.17) is 0 Å². The summed E-state index contributed by atoms with van der Waals surface area (Å²) in [6, 6.07) is 4.05. The minimum Gasteiger partial charge on any atom is -0.374 e. The maximum absolute atomic E-state index is 12.1. The zero-order chi connectivity index (χ0) is 12.7. The molecule has 0 unspecified atom stereocenters. The van der Waals surface area contributed by atoms with Gasteiger partial charge in [0.1, 0.15) is 0 Å². The molecule has 0 aliphatic heterocycles. The van der Waals surface area contributed by atoms with Crippen LogP contribution >= 0.6 is 11.3 Å². The summed E-state index contributed by atoms with van der Waals surface area (Å²) in [4.78, 5) is 3.83. The number of hydrogen-bond acceptors (Lipinski definition) is 5. The Bertz CT molecular complexity index is 647. The summed E-state index contributed by atoms with van der Waals surface area (Å²) in [5.74, 6) is -0.373. The lowest BCUT2D eigenvalue weighted by atomic mass is 10.3. The highest BCUT2D eigenvalue weighted by atomic mass is 32.2. The standard InChI is InChI=1S/C8H4F3NO3S2/c9-8(10,11)17(13,14)15-6-3-1-2-5-7(6)16-4-12-5/h1-4H. The first-order valence-electron chi connectivity index (χ1n) is 4.14. The molecule has 0 spiro atoms. The largest absolute Gasteiger partial charge is 0.534 e. The molecule has 0 saturated heterocycles. The molecule has 0 aliphatic carbocycles. The van der Waals surface area contributed by atoms with Crippen molar-refractivity contribution in [2.45, 2.75) is 5.51 Å². The van der Waals surface area contributed by atoms with E-state index in [1.807, 2.05) is 0 Å². The molecule has 17 heavy (non-hydrogen) atoms. The van der Waals surface area contributed by atoms with E-state index in [1.54, 1.807) is 6.07 Å². The fourth-order valence-corrected chi connectivity index (χ4v) is 2.35. The van der Waals surface area contributed by atoms with E-state index in [0.717, 1.165) is 17.4 Å². The molecule has 1 aromatic carbocycles. The van der Waals surface area contributed by atoms with Gasteiger partial charge in [0, 0.05) is 0 Å². The van der Waals surface area contributed by atoms with Crippen molar-refractivity contribution in [3.8, 4) is 5.75 Å². The van der Waals surface area contributed by atoms with Crippen molar-refractivity contribution in [3.63, 3.8) is 0 Å². The van der Waals surface area contributed by atoms with Crippen LogP contribution in [0, 0.1) is 0 Å². The average Bonchev–Trinajstić information content (AvgIpc) is 2.64. The maximum atomic E-state index is 12.1. The second-order valence-electron chi connectivity index (χ2n) is 2.94.